The molecule has 2 fully saturated rings. The standard InChI is InChI=1S/C22H29NO/c1-2-4-17-7-9-18(10-8-17)19-11-13-22(16-23,14-12-19)20-5-3-6-21(24)15-20/h7-10,19-20H,2-6,11-15H2,1H3. The molecule has 1 aromatic rings. The van der Waals surface area contributed by atoms with Crippen molar-refractivity contribution in [3.05, 3.63) is 35.4 Å². The lowest BCUT2D eigenvalue weighted by Gasteiger charge is -2.42. The number of carbonyl (C=O) groups excluding carboxylic acids is 1. The number of rotatable bonds is 4. The zero-order chi connectivity index (χ0) is 17.0. The number of Topliss-reactive ketones (excluding diaryl/α,β-unsaturated/α-hetero) is 1. The van der Waals surface area contributed by atoms with E-state index in [0.29, 0.717) is 24.0 Å². The smallest absolute Gasteiger partial charge is 0.133 e. The van der Waals surface area contributed by atoms with Crippen LogP contribution >= 0.6 is 0 Å². The highest BCUT2D eigenvalue weighted by molar-refractivity contribution is 5.79. The minimum Gasteiger partial charge on any atom is -0.300 e. The van der Waals surface area contributed by atoms with Gasteiger partial charge in [0.15, 0.2) is 0 Å². The molecule has 0 saturated heterocycles. The normalized spacial score (nSPS) is 30.8. The van der Waals surface area contributed by atoms with Crippen LogP contribution in [0.5, 0.6) is 0 Å². The van der Waals surface area contributed by atoms with Gasteiger partial charge in [-0.05, 0) is 67.9 Å². The average molecular weight is 323 g/mol. The third kappa shape index (κ3) is 3.56. The molecule has 128 valence electrons. The van der Waals surface area contributed by atoms with Gasteiger partial charge in [0.05, 0.1) is 11.5 Å². The number of benzene rings is 1. The van der Waals surface area contributed by atoms with Crippen LogP contribution in [0.1, 0.15) is 81.8 Å². The van der Waals surface area contributed by atoms with Crippen molar-refractivity contribution >= 4 is 5.78 Å². The van der Waals surface area contributed by atoms with Crippen LogP contribution in [0.2, 0.25) is 0 Å². The average Bonchev–Trinajstić information content (AvgIpc) is 2.63. The van der Waals surface area contributed by atoms with Crippen LogP contribution in [-0.2, 0) is 11.2 Å². The van der Waals surface area contributed by atoms with Crippen LogP contribution in [0.4, 0.5) is 0 Å². The monoisotopic (exact) mass is 323 g/mol. The van der Waals surface area contributed by atoms with Gasteiger partial charge in [-0.25, -0.2) is 0 Å². The topological polar surface area (TPSA) is 40.9 Å². The molecule has 3 rings (SSSR count). The van der Waals surface area contributed by atoms with E-state index in [1.807, 2.05) is 0 Å². The van der Waals surface area contributed by atoms with Crippen LogP contribution in [0.15, 0.2) is 24.3 Å². The van der Waals surface area contributed by atoms with Gasteiger partial charge in [0.25, 0.3) is 0 Å². The molecule has 0 aromatic heterocycles. The second-order valence-electron chi connectivity index (χ2n) is 7.87. The van der Waals surface area contributed by atoms with E-state index in [4.69, 9.17) is 0 Å². The Balaban J connectivity index is 1.65. The molecule has 0 N–H and O–H groups in total. The molecule has 1 aromatic carbocycles. The van der Waals surface area contributed by atoms with Crippen LogP contribution in [0.25, 0.3) is 0 Å². The van der Waals surface area contributed by atoms with E-state index < -0.39 is 0 Å². The van der Waals surface area contributed by atoms with Crippen molar-refractivity contribution in [3.8, 4) is 6.07 Å². The zero-order valence-electron chi connectivity index (χ0n) is 14.9. The maximum absolute atomic E-state index is 11.8. The molecule has 0 radical (unpaired) electrons. The minimum absolute atomic E-state index is 0.241. The lowest BCUT2D eigenvalue weighted by Crippen LogP contribution is -2.36. The summed E-state index contributed by atoms with van der Waals surface area (Å²) in [5, 5.41) is 9.87. The predicted octanol–water partition coefficient (Wildman–Crippen LogP) is 5.57. The first kappa shape index (κ1) is 17.2. The molecule has 1 unspecified atom stereocenters. The molecule has 2 aliphatic carbocycles. The summed E-state index contributed by atoms with van der Waals surface area (Å²) >= 11 is 0. The first-order valence-electron chi connectivity index (χ1n) is 9.68. The van der Waals surface area contributed by atoms with Gasteiger partial charge in [-0.15, -0.1) is 0 Å². The molecule has 2 heteroatoms. The number of hydrogen-bond acceptors (Lipinski definition) is 2. The van der Waals surface area contributed by atoms with Crippen LogP contribution < -0.4 is 0 Å². The maximum Gasteiger partial charge on any atom is 0.133 e. The highest BCUT2D eigenvalue weighted by atomic mass is 16.1. The number of nitrogens with zero attached hydrogens (tertiary/aromatic N) is 1. The summed E-state index contributed by atoms with van der Waals surface area (Å²) in [7, 11) is 0. The molecule has 0 heterocycles. The Labute approximate surface area is 146 Å². The predicted molar refractivity (Wildman–Crippen MR) is 96.7 cm³/mol. The van der Waals surface area contributed by atoms with Gasteiger partial charge in [0, 0.05) is 12.8 Å². The number of aryl methyl sites for hydroxylation is 1. The number of carbonyl (C=O) groups is 1. The Morgan fingerprint density at radius 1 is 1.17 bits per heavy atom. The van der Waals surface area contributed by atoms with Gasteiger partial charge < -0.3 is 0 Å². The fourth-order valence-corrected chi connectivity index (χ4v) is 4.82. The third-order valence-corrected chi connectivity index (χ3v) is 6.35. The molecule has 1 atom stereocenters. The Kier molecular flexibility index (Phi) is 5.39. The van der Waals surface area contributed by atoms with Crippen molar-refractivity contribution in [3.63, 3.8) is 0 Å². The summed E-state index contributed by atoms with van der Waals surface area (Å²) in [5.41, 5.74) is 2.61. The third-order valence-electron chi connectivity index (χ3n) is 6.35. The van der Waals surface area contributed by atoms with E-state index >= 15 is 0 Å². The molecular weight excluding hydrogens is 294 g/mol. The molecule has 2 saturated carbocycles. The maximum atomic E-state index is 11.8. The molecule has 2 nitrogen and oxygen atoms in total. The van der Waals surface area contributed by atoms with Gasteiger partial charge >= 0.3 is 0 Å². The van der Waals surface area contributed by atoms with E-state index in [1.165, 1.54) is 17.5 Å². The Morgan fingerprint density at radius 3 is 2.46 bits per heavy atom. The fraction of sp³-hybridized carbons (Fsp3) is 0.636. The van der Waals surface area contributed by atoms with Crippen molar-refractivity contribution in [2.24, 2.45) is 11.3 Å². The highest BCUT2D eigenvalue weighted by Gasteiger charge is 2.43. The Morgan fingerprint density at radius 2 is 1.88 bits per heavy atom. The van der Waals surface area contributed by atoms with E-state index in [9.17, 15) is 10.1 Å². The summed E-state index contributed by atoms with van der Waals surface area (Å²) in [6.07, 6.45) is 9.85. The summed E-state index contributed by atoms with van der Waals surface area (Å²) in [6.45, 7) is 2.21. The highest BCUT2D eigenvalue weighted by Crippen LogP contribution is 2.50. The SMILES string of the molecule is CCCc1ccc(C2CCC(C#N)(C3CCCC(=O)C3)CC2)cc1. The Hall–Kier alpha value is -1.62. The summed E-state index contributed by atoms with van der Waals surface area (Å²) < 4.78 is 0. The molecule has 0 spiro atoms. The first-order valence-corrected chi connectivity index (χ1v) is 9.68. The summed E-state index contributed by atoms with van der Waals surface area (Å²) in [6, 6.07) is 11.8. The Bertz CT molecular complexity index is 602. The van der Waals surface area contributed by atoms with Gasteiger partial charge in [0.1, 0.15) is 5.78 Å². The molecule has 0 bridgehead atoms. The van der Waals surface area contributed by atoms with Crippen molar-refractivity contribution < 1.29 is 4.79 Å². The fourth-order valence-electron chi connectivity index (χ4n) is 4.82. The van der Waals surface area contributed by atoms with Gasteiger partial charge in [0.2, 0.25) is 0 Å². The number of hydrogen-bond donors (Lipinski definition) is 0. The lowest BCUT2D eigenvalue weighted by atomic mass is 9.60. The number of nitriles is 1. The van der Waals surface area contributed by atoms with E-state index in [0.717, 1.165) is 51.4 Å². The quantitative estimate of drug-likeness (QED) is 0.727. The van der Waals surface area contributed by atoms with Gasteiger partial charge in [-0.1, -0.05) is 37.6 Å². The van der Waals surface area contributed by atoms with E-state index in [1.54, 1.807) is 0 Å². The molecule has 2 aliphatic rings. The van der Waals surface area contributed by atoms with Crippen molar-refractivity contribution in [2.45, 2.75) is 77.0 Å². The van der Waals surface area contributed by atoms with Crippen molar-refractivity contribution in [1.29, 1.82) is 5.26 Å². The lowest BCUT2D eigenvalue weighted by molar-refractivity contribution is -0.123. The molecular formula is C22H29NO. The zero-order valence-corrected chi connectivity index (χ0v) is 14.9. The van der Waals surface area contributed by atoms with Crippen LogP contribution in [0.3, 0.4) is 0 Å². The first-order chi connectivity index (χ1) is 11.7. The van der Waals surface area contributed by atoms with Crippen LogP contribution in [-0.4, -0.2) is 5.78 Å². The largest absolute Gasteiger partial charge is 0.300 e. The molecule has 0 aliphatic heterocycles. The second kappa shape index (κ2) is 7.51. The van der Waals surface area contributed by atoms with E-state index in [-0.39, 0.29) is 5.41 Å². The van der Waals surface area contributed by atoms with Crippen molar-refractivity contribution in [2.75, 3.05) is 0 Å². The van der Waals surface area contributed by atoms with E-state index in [2.05, 4.69) is 37.3 Å². The van der Waals surface area contributed by atoms with Crippen molar-refractivity contribution in [1.82, 2.24) is 0 Å². The number of ketones is 1. The molecule has 24 heavy (non-hydrogen) atoms. The van der Waals surface area contributed by atoms with Gasteiger partial charge in [-0.3, -0.25) is 4.79 Å². The van der Waals surface area contributed by atoms with Crippen LogP contribution in [0, 0.1) is 22.7 Å². The minimum atomic E-state index is -0.241. The van der Waals surface area contributed by atoms with Gasteiger partial charge in [-0.2, -0.15) is 5.26 Å². The summed E-state index contributed by atoms with van der Waals surface area (Å²) in [5.74, 6) is 1.26. The molecule has 0 amide bonds. The summed E-state index contributed by atoms with van der Waals surface area (Å²) in [4.78, 5) is 11.8. The second-order valence-corrected chi connectivity index (χ2v) is 7.87.